The molecule has 0 amide bonds. The molecule has 0 atom stereocenters. The molecule has 0 spiro atoms. The molecule has 2 heterocycles. The van der Waals surface area contributed by atoms with Crippen LogP contribution in [0.1, 0.15) is 16.7 Å². The number of hydrogen-bond acceptors (Lipinski definition) is 7. The summed E-state index contributed by atoms with van der Waals surface area (Å²) in [6.07, 6.45) is 1.43. The Bertz CT molecular complexity index is 1100. The van der Waals surface area contributed by atoms with Crippen LogP contribution in [-0.4, -0.2) is 26.1 Å². The van der Waals surface area contributed by atoms with Gasteiger partial charge in [0.25, 0.3) is 5.56 Å². The van der Waals surface area contributed by atoms with E-state index in [2.05, 4.69) is 20.3 Å². The van der Waals surface area contributed by atoms with Crippen LogP contribution in [0.25, 0.3) is 0 Å². The number of nitrogens with one attached hydrogen (secondary N) is 2. The quantitative estimate of drug-likeness (QED) is 0.592. The van der Waals surface area contributed by atoms with Gasteiger partial charge < -0.3 is 15.8 Å². The monoisotopic (exact) mass is 382 g/mol. The van der Waals surface area contributed by atoms with Gasteiger partial charge in [0.05, 0.1) is 0 Å². The predicted molar refractivity (Wildman–Crippen MR) is 107 cm³/mol. The zero-order valence-electron chi connectivity index (χ0n) is 15.9. The SMILES string of the molecule is Cc1cc(C)c(Oc2cc(N)nc(NCCn3ccc(=O)[nH]c3=O)n2)c(C)c1. The van der Waals surface area contributed by atoms with E-state index in [0.29, 0.717) is 19.0 Å². The molecule has 0 unspecified atom stereocenters. The molecule has 2 aromatic heterocycles. The lowest BCUT2D eigenvalue weighted by Crippen LogP contribution is -2.30. The van der Waals surface area contributed by atoms with Crippen molar-refractivity contribution in [1.29, 1.82) is 0 Å². The van der Waals surface area contributed by atoms with E-state index in [0.717, 1.165) is 22.4 Å². The summed E-state index contributed by atoms with van der Waals surface area (Å²) in [4.78, 5) is 33.5. The Hall–Kier alpha value is -3.62. The Balaban J connectivity index is 1.73. The number of nitrogens with two attached hydrogens (primary N) is 1. The van der Waals surface area contributed by atoms with E-state index in [1.165, 1.54) is 16.8 Å². The summed E-state index contributed by atoms with van der Waals surface area (Å²) in [5.41, 5.74) is 8.12. The van der Waals surface area contributed by atoms with E-state index in [9.17, 15) is 9.59 Å². The molecule has 9 nitrogen and oxygen atoms in total. The van der Waals surface area contributed by atoms with Gasteiger partial charge in [0.15, 0.2) is 0 Å². The Morgan fingerprint density at radius 2 is 1.86 bits per heavy atom. The van der Waals surface area contributed by atoms with E-state index >= 15 is 0 Å². The van der Waals surface area contributed by atoms with Crippen LogP contribution in [0, 0.1) is 20.8 Å². The van der Waals surface area contributed by atoms with E-state index in [1.54, 1.807) is 6.07 Å². The number of nitrogens with zero attached hydrogens (tertiary/aromatic N) is 3. The van der Waals surface area contributed by atoms with E-state index < -0.39 is 11.2 Å². The normalized spacial score (nSPS) is 10.7. The number of anilines is 2. The van der Waals surface area contributed by atoms with Gasteiger partial charge in [0.2, 0.25) is 11.8 Å². The highest BCUT2D eigenvalue weighted by atomic mass is 16.5. The van der Waals surface area contributed by atoms with Crippen LogP contribution in [0.15, 0.2) is 40.1 Å². The molecular weight excluding hydrogens is 360 g/mol. The van der Waals surface area contributed by atoms with Crippen molar-refractivity contribution in [3.05, 3.63) is 68.0 Å². The zero-order chi connectivity index (χ0) is 20.3. The molecule has 0 bridgehead atoms. The summed E-state index contributed by atoms with van der Waals surface area (Å²) < 4.78 is 7.32. The van der Waals surface area contributed by atoms with E-state index in [4.69, 9.17) is 10.5 Å². The summed E-state index contributed by atoms with van der Waals surface area (Å²) in [5, 5.41) is 3.01. The van der Waals surface area contributed by atoms with E-state index in [1.807, 2.05) is 32.9 Å². The van der Waals surface area contributed by atoms with Crippen molar-refractivity contribution in [2.75, 3.05) is 17.6 Å². The van der Waals surface area contributed by atoms with Crippen molar-refractivity contribution in [2.45, 2.75) is 27.3 Å². The molecule has 3 aromatic rings. The first-order chi connectivity index (χ1) is 13.3. The Morgan fingerprint density at radius 3 is 2.54 bits per heavy atom. The van der Waals surface area contributed by atoms with Gasteiger partial charge in [-0.15, -0.1) is 0 Å². The van der Waals surface area contributed by atoms with Crippen molar-refractivity contribution in [3.8, 4) is 11.6 Å². The number of benzene rings is 1. The highest BCUT2D eigenvalue weighted by Gasteiger charge is 2.10. The Kier molecular flexibility index (Phi) is 5.44. The lowest BCUT2D eigenvalue weighted by Gasteiger charge is -2.13. The molecule has 0 aliphatic rings. The third-order valence-electron chi connectivity index (χ3n) is 4.07. The number of nitrogen functional groups attached to an aromatic ring is 1. The van der Waals surface area contributed by atoms with Crippen molar-refractivity contribution >= 4 is 11.8 Å². The second kappa shape index (κ2) is 7.95. The number of ether oxygens (including phenoxy) is 1. The Labute approximate surface area is 161 Å². The molecule has 9 heteroatoms. The lowest BCUT2D eigenvalue weighted by atomic mass is 10.1. The van der Waals surface area contributed by atoms with E-state index in [-0.39, 0.29) is 11.8 Å². The van der Waals surface area contributed by atoms with Gasteiger partial charge in [-0.05, 0) is 31.9 Å². The van der Waals surface area contributed by atoms with Crippen LogP contribution < -0.4 is 27.0 Å². The molecule has 0 saturated heterocycles. The first-order valence-electron chi connectivity index (χ1n) is 8.76. The topological polar surface area (TPSA) is 128 Å². The summed E-state index contributed by atoms with van der Waals surface area (Å²) in [5.74, 6) is 1.60. The summed E-state index contributed by atoms with van der Waals surface area (Å²) in [6.45, 7) is 6.65. The number of aromatic amines is 1. The molecule has 146 valence electrons. The first-order valence-corrected chi connectivity index (χ1v) is 8.76. The van der Waals surface area contributed by atoms with Crippen LogP contribution >= 0.6 is 0 Å². The maximum atomic E-state index is 11.7. The van der Waals surface area contributed by atoms with Gasteiger partial charge in [0.1, 0.15) is 11.6 Å². The first kappa shape index (κ1) is 19.2. The van der Waals surface area contributed by atoms with Crippen molar-refractivity contribution in [2.24, 2.45) is 0 Å². The highest BCUT2D eigenvalue weighted by molar-refractivity contribution is 5.47. The van der Waals surface area contributed by atoms with Gasteiger partial charge in [-0.25, -0.2) is 4.79 Å². The van der Waals surface area contributed by atoms with Gasteiger partial charge in [0, 0.05) is 31.4 Å². The van der Waals surface area contributed by atoms with Crippen LogP contribution in [-0.2, 0) is 6.54 Å². The summed E-state index contributed by atoms with van der Waals surface area (Å²) in [6, 6.07) is 6.91. The minimum absolute atomic E-state index is 0.260. The van der Waals surface area contributed by atoms with Crippen molar-refractivity contribution in [1.82, 2.24) is 19.5 Å². The minimum atomic E-state index is -0.475. The fourth-order valence-corrected chi connectivity index (χ4v) is 2.91. The molecule has 0 aliphatic heterocycles. The maximum Gasteiger partial charge on any atom is 0.328 e. The van der Waals surface area contributed by atoms with Gasteiger partial charge in [-0.3, -0.25) is 14.3 Å². The molecule has 1 aromatic carbocycles. The maximum absolute atomic E-state index is 11.7. The third-order valence-corrected chi connectivity index (χ3v) is 4.07. The number of rotatable bonds is 6. The smallest absolute Gasteiger partial charge is 0.328 e. The van der Waals surface area contributed by atoms with Crippen LogP contribution in [0.4, 0.5) is 11.8 Å². The number of H-pyrrole nitrogens is 1. The number of aromatic nitrogens is 4. The lowest BCUT2D eigenvalue weighted by molar-refractivity contribution is 0.455. The minimum Gasteiger partial charge on any atom is -0.438 e. The molecule has 3 rings (SSSR count). The second-order valence-electron chi connectivity index (χ2n) is 6.51. The summed E-state index contributed by atoms with van der Waals surface area (Å²) >= 11 is 0. The highest BCUT2D eigenvalue weighted by Crippen LogP contribution is 2.29. The predicted octanol–water partition coefficient (Wildman–Crippen LogP) is 1.74. The number of aryl methyl sites for hydroxylation is 3. The fourth-order valence-electron chi connectivity index (χ4n) is 2.91. The zero-order valence-corrected chi connectivity index (χ0v) is 15.9. The molecule has 0 saturated carbocycles. The van der Waals surface area contributed by atoms with Gasteiger partial charge >= 0.3 is 5.69 Å². The standard InChI is InChI=1S/C19H22N6O3/c1-11-8-12(2)17(13(3)9-11)28-16-10-14(20)22-18(24-16)21-5-7-25-6-4-15(26)23-19(25)27/h4,6,8-10H,5,7H2,1-3H3,(H,23,26,27)(H3,20,21,22,24). The average Bonchev–Trinajstić information content (AvgIpc) is 2.59. The molecule has 0 fully saturated rings. The van der Waals surface area contributed by atoms with Crippen molar-refractivity contribution in [3.63, 3.8) is 0 Å². The third kappa shape index (κ3) is 4.56. The molecule has 28 heavy (non-hydrogen) atoms. The molecule has 0 aliphatic carbocycles. The van der Waals surface area contributed by atoms with Crippen molar-refractivity contribution < 1.29 is 4.74 Å². The van der Waals surface area contributed by atoms with Crippen LogP contribution in [0.5, 0.6) is 11.6 Å². The Morgan fingerprint density at radius 1 is 1.14 bits per heavy atom. The second-order valence-corrected chi connectivity index (χ2v) is 6.51. The van der Waals surface area contributed by atoms with Crippen LogP contribution in [0.3, 0.4) is 0 Å². The molecule has 4 N–H and O–H groups in total. The largest absolute Gasteiger partial charge is 0.438 e. The van der Waals surface area contributed by atoms with Gasteiger partial charge in [-0.2, -0.15) is 9.97 Å². The van der Waals surface area contributed by atoms with Gasteiger partial charge in [-0.1, -0.05) is 17.7 Å². The van der Waals surface area contributed by atoms with Crippen LogP contribution in [0.2, 0.25) is 0 Å². The fraction of sp³-hybridized carbons (Fsp3) is 0.263. The average molecular weight is 382 g/mol. The molecule has 0 radical (unpaired) electrons. The number of hydrogen-bond donors (Lipinski definition) is 3. The molecular formula is C19H22N6O3. The summed E-state index contributed by atoms with van der Waals surface area (Å²) in [7, 11) is 0.